The minimum Gasteiger partial charge on any atom is -0.389 e. The normalized spacial score (nSPS) is 35.8. The average Bonchev–Trinajstić information content (AvgIpc) is 2.72. The monoisotopic (exact) mass is 181 g/mol. The van der Waals surface area contributed by atoms with Gasteiger partial charge in [0, 0.05) is 18.7 Å². The van der Waals surface area contributed by atoms with Crippen molar-refractivity contribution in [3.05, 3.63) is 0 Å². The molecule has 1 atom stereocenters. The Balaban J connectivity index is 2.14. The lowest BCUT2D eigenvalue weighted by Gasteiger charge is -2.29. The molecule has 0 saturated heterocycles. The SMILES string of the molecule is C/N=C1\CCC[C@H]1C1(O)CCCC1. The number of hydrogen-bond donors (Lipinski definition) is 1. The summed E-state index contributed by atoms with van der Waals surface area (Å²) in [7, 11) is 1.87. The van der Waals surface area contributed by atoms with Gasteiger partial charge in [0.25, 0.3) is 0 Å². The van der Waals surface area contributed by atoms with E-state index < -0.39 is 0 Å². The lowest BCUT2D eigenvalue weighted by atomic mass is 9.83. The van der Waals surface area contributed by atoms with Crippen LogP contribution in [0.2, 0.25) is 0 Å². The Morgan fingerprint density at radius 2 is 2.00 bits per heavy atom. The molecular formula is C11H19NO. The lowest BCUT2D eigenvalue weighted by Crippen LogP contribution is -2.37. The maximum atomic E-state index is 10.4. The van der Waals surface area contributed by atoms with E-state index in [0.717, 1.165) is 25.7 Å². The van der Waals surface area contributed by atoms with Crippen molar-refractivity contribution in [3.63, 3.8) is 0 Å². The van der Waals surface area contributed by atoms with Crippen molar-refractivity contribution in [1.82, 2.24) is 0 Å². The zero-order chi connectivity index (χ0) is 9.31. The predicted molar refractivity (Wildman–Crippen MR) is 54.1 cm³/mol. The van der Waals surface area contributed by atoms with Gasteiger partial charge in [-0.1, -0.05) is 12.8 Å². The van der Waals surface area contributed by atoms with Crippen LogP contribution in [0, 0.1) is 5.92 Å². The van der Waals surface area contributed by atoms with Crippen LogP contribution in [-0.4, -0.2) is 23.5 Å². The maximum absolute atomic E-state index is 10.4. The molecule has 2 aliphatic rings. The fourth-order valence-electron chi connectivity index (χ4n) is 3.01. The summed E-state index contributed by atoms with van der Waals surface area (Å²) in [5, 5.41) is 10.4. The minimum atomic E-state index is -0.384. The molecule has 0 heterocycles. The molecule has 1 N–H and O–H groups in total. The van der Waals surface area contributed by atoms with E-state index in [1.807, 2.05) is 7.05 Å². The van der Waals surface area contributed by atoms with Crippen molar-refractivity contribution in [2.45, 2.75) is 50.5 Å². The van der Waals surface area contributed by atoms with Gasteiger partial charge >= 0.3 is 0 Å². The Kier molecular flexibility index (Phi) is 2.41. The zero-order valence-electron chi connectivity index (χ0n) is 8.42. The summed E-state index contributed by atoms with van der Waals surface area (Å²) in [6.45, 7) is 0. The first kappa shape index (κ1) is 9.20. The van der Waals surface area contributed by atoms with Gasteiger partial charge in [0.15, 0.2) is 0 Å². The molecule has 2 fully saturated rings. The van der Waals surface area contributed by atoms with Crippen molar-refractivity contribution in [2.75, 3.05) is 7.05 Å². The summed E-state index contributed by atoms with van der Waals surface area (Å²) in [5.74, 6) is 0.389. The third-order valence-electron chi connectivity index (χ3n) is 3.73. The van der Waals surface area contributed by atoms with E-state index in [-0.39, 0.29) is 5.60 Å². The van der Waals surface area contributed by atoms with Gasteiger partial charge in [0.05, 0.1) is 5.60 Å². The van der Waals surface area contributed by atoms with Crippen LogP contribution in [0.4, 0.5) is 0 Å². The molecule has 13 heavy (non-hydrogen) atoms. The Morgan fingerprint density at radius 1 is 1.31 bits per heavy atom. The van der Waals surface area contributed by atoms with Crippen molar-refractivity contribution < 1.29 is 5.11 Å². The quantitative estimate of drug-likeness (QED) is 0.660. The zero-order valence-corrected chi connectivity index (χ0v) is 8.42. The van der Waals surface area contributed by atoms with Crippen LogP contribution in [0.25, 0.3) is 0 Å². The number of nitrogens with zero attached hydrogens (tertiary/aromatic N) is 1. The molecule has 0 aromatic heterocycles. The predicted octanol–water partition coefficient (Wildman–Crippen LogP) is 2.16. The summed E-state index contributed by atoms with van der Waals surface area (Å²) in [5.41, 5.74) is 0.884. The van der Waals surface area contributed by atoms with Gasteiger partial charge in [-0.2, -0.15) is 0 Å². The topological polar surface area (TPSA) is 32.6 Å². The van der Waals surface area contributed by atoms with Gasteiger partial charge < -0.3 is 5.11 Å². The smallest absolute Gasteiger partial charge is 0.0727 e. The van der Waals surface area contributed by atoms with E-state index in [4.69, 9.17) is 0 Å². The van der Waals surface area contributed by atoms with E-state index in [0.29, 0.717) is 5.92 Å². The standard InChI is InChI=1S/C11H19NO/c1-12-10-6-4-5-9(10)11(13)7-2-3-8-11/h9,13H,2-8H2,1H3/b12-10+/t9-/m1/s1. The molecule has 2 aliphatic carbocycles. The maximum Gasteiger partial charge on any atom is 0.0727 e. The van der Waals surface area contributed by atoms with Gasteiger partial charge in [0.1, 0.15) is 0 Å². The van der Waals surface area contributed by atoms with Crippen LogP contribution in [0.1, 0.15) is 44.9 Å². The van der Waals surface area contributed by atoms with E-state index in [1.54, 1.807) is 0 Å². The first-order valence-corrected chi connectivity index (χ1v) is 5.44. The van der Waals surface area contributed by atoms with Crippen molar-refractivity contribution in [3.8, 4) is 0 Å². The summed E-state index contributed by atoms with van der Waals surface area (Å²) in [6, 6.07) is 0. The number of aliphatic hydroxyl groups is 1. The molecule has 2 heteroatoms. The second-order valence-corrected chi connectivity index (χ2v) is 4.47. The van der Waals surface area contributed by atoms with Crippen LogP contribution in [0.5, 0.6) is 0 Å². The molecule has 0 unspecified atom stereocenters. The Bertz CT molecular complexity index is 216. The summed E-state index contributed by atoms with van der Waals surface area (Å²) in [6.07, 6.45) is 7.88. The van der Waals surface area contributed by atoms with Gasteiger partial charge in [-0.15, -0.1) is 0 Å². The van der Waals surface area contributed by atoms with Crippen LogP contribution in [0.3, 0.4) is 0 Å². The average molecular weight is 181 g/mol. The fraction of sp³-hybridized carbons (Fsp3) is 0.909. The van der Waals surface area contributed by atoms with E-state index in [9.17, 15) is 5.11 Å². The van der Waals surface area contributed by atoms with Crippen molar-refractivity contribution in [2.24, 2.45) is 10.9 Å². The van der Waals surface area contributed by atoms with E-state index >= 15 is 0 Å². The molecular weight excluding hydrogens is 162 g/mol. The van der Waals surface area contributed by atoms with E-state index in [1.165, 1.54) is 25.0 Å². The Labute approximate surface area is 80.1 Å². The third kappa shape index (κ3) is 1.52. The lowest BCUT2D eigenvalue weighted by molar-refractivity contribution is 0.0140. The molecule has 0 spiro atoms. The fourth-order valence-corrected chi connectivity index (χ4v) is 3.01. The molecule has 2 nitrogen and oxygen atoms in total. The van der Waals surface area contributed by atoms with Crippen LogP contribution >= 0.6 is 0 Å². The largest absolute Gasteiger partial charge is 0.389 e. The summed E-state index contributed by atoms with van der Waals surface area (Å²) >= 11 is 0. The first-order valence-electron chi connectivity index (χ1n) is 5.44. The number of rotatable bonds is 1. The number of aliphatic imine (C=N–C) groups is 1. The molecule has 2 rings (SSSR count). The van der Waals surface area contributed by atoms with Crippen molar-refractivity contribution in [1.29, 1.82) is 0 Å². The molecule has 0 aromatic carbocycles. The highest BCUT2D eigenvalue weighted by molar-refractivity contribution is 5.89. The highest BCUT2D eigenvalue weighted by atomic mass is 16.3. The molecule has 0 aromatic rings. The summed E-state index contributed by atoms with van der Waals surface area (Å²) in [4.78, 5) is 4.32. The highest BCUT2D eigenvalue weighted by Gasteiger charge is 2.43. The molecule has 0 amide bonds. The van der Waals surface area contributed by atoms with Gasteiger partial charge in [-0.3, -0.25) is 4.99 Å². The minimum absolute atomic E-state index is 0.384. The number of hydrogen-bond acceptors (Lipinski definition) is 2. The van der Waals surface area contributed by atoms with E-state index in [2.05, 4.69) is 4.99 Å². The van der Waals surface area contributed by atoms with Gasteiger partial charge in [-0.25, -0.2) is 0 Å². The second-order valence-electron chi connectivity index (χ2n) is 4.47. The van der Waals surface area contributed by atoms with Gasteiger partial charge in [0.2, 0.25) is 0 Å². The summed E-state index contributed by atoms with van der Waals surface area (Å²) < 4.78 is 0. The highest BCUT2D eigenvalue weighted by Crippen LogP contribution is 2.42. The molecule has 74 valence electrons. The van der Waals surface area contributed by atoms with Gasteiger partial charge in [-0.05, 0) is 32.1 Å². The van der Waals surface area contributed by atoms with Crippen LogP contribution in [0.15, 0.2) is 4.99 Å². The molecule has 0 bridgehead atoms. The Morgan fingerprint density at radius 3 is 2.62 bits per heavy atom. The Hall–Kier alpha value is -0.370. The first-order chi connectivity index (χ1) is 6.26. The molecule has 0 radical (unpaired) electrons. The van der Waals surface area contributed by atoms with Crippen LogP contribution in [-0.2, 0) is 0 Å². The second kappa shape index (κ2) is 3.41. The molecule has 2 saturated carbocycles. The molecule has 0 aliphatic heterocycles. The van der Waals surface area contributed by atoms with Crippen molar-refractivity contribution >= 4 is 5.71 Å². The third-order valence-corrected chi connectivity index (χ3v) is 3.73. The van der Waals surface area contributed by atoms with Crippen LogP contribution < -0.4 is 0 Å².